The van der Waals surface area contributed by atoms with Gasteiger partial charge < -0.3 is 9.84 Å². The van der Waals surface area contributed by atoms with Crippen LogP contribution < -0.4 is 0 Å². The minimum absolute atomic E-state index is 0.0634. The van der Waals surface area contributed by atoms with E-state index in [4.69, 9.17) is 9.84 Å². The molecule has 8 heteroatoms. The van der Waals surface area contributed by atoms with E-state index >= 15 is 0 Å². The summed E-state index contributed by atoms with van der Waals surface area (Å²) in [5.74, 6) is -2.02. The van der Waals surface area contributed by atoms with E-state index < -0.39 is 29.0 Å². The number of carbonyl (C=O) groups excluding carboxylic acids is 1. The van der Waals surface area contributed by atoms with Gasteiger partial charge >= 0.3 is 11.9 Å². The normalized spacial score (nSPS) is 9.83. The SMILES string of the molecule is CCOC(=O)c1cc([N+](=O)[O-])cnc1CC(=O)O. The van der Waals surface area contributed by atoms with Crippen LogP contribution in [0.3, 0.4) is 0 Å². The number of hydrogen-bond acceptors (Lipinski definition) is 6. The van der Waals surface area contributed by atoms with E-state index in [0.29, 0.717) is 0 Å². The minimum Gasteiger partial charge on any atom is -0.481 e. The van der Waals surface area contributed by atoms with Crippen LogP contribution in [0.4, 0.5) is 5.69 Å². The van der Waals surface area contributed by atoms with Gasteiger partial charge in [0.15, 0.2) is 0 Å². The average Bonchev–Trinajstić information content (AvgIpc) is 2.28. The van der Waals surface area contributed by atoms with Crippen LogP contribution >= 0.6 is 0 Å². The molecule has 0 aliphatic rings. The zero-order valence-electron chi connectivity index (χ0n) is 9.45. The van der Waals surface area contributed by atoms with Crippen molar-refractivity contribution in [3.8, 4) is 0 Å². The van der Waals surface area contributed by atoms with Crippen LogP contribution in [-0.2, 0) is 16.0 Å². The van der Waals surface area contributed by atoms with Gasteiger partial charge in [0.1, 0.15) is 6.20 Å². The van der Waals surface area contributed by atoms with Crippen molar-refractivity contribution in [2.24, 2.45) is 0 Å². The van der Waals surface area contributed by atoms with Crippen LogP contribution in [0.25, 0.3) is 0 Å². The molecule has 0 radical (unpaired) electrons. The molecule has 96 valence electrons. The molecule has 1 heterocycles. The predicted molar refractivity (Wildman–Crippen MR) is 58.2 cm³/mol. The first-order chi connectivity index (χ1) is 8.45. The molecule has 0 bridgehead atoms. The minimum atomic E-state index is -1.19. The first-order valence-electron chi connectivity index (χ1n) is 4.98. The van der Waals surface area contributed by atoms with Crippen molar-refractivity contribution in [3.63, 3.8) is 0 Å². The topological polar surface area (TPSA) is 120 Å². The molecule has 0 saturated heterocycles. The smallest absolute Gasteiger partial charge is 0.340 e. The number of carbonyl (C=O) groups is 2. The number of carboxylic acids is 1. The highest BCUT2D eigenvalue weighted by Gasteiger charge is 2.20. The Balaban J connectivity index is 3.21. The van der Waals surface area contributed by atoms with Gasteiger partial charge in [-0.3, -0.25) is 19.9 Å². The Morgan fingerprint density at radius 1 is 1.56 bits per heavy atom. The number of nitro groups is 1. The van der Waals surface area contributed by atoms with E-state index in [2.05, 4.69) is 4.98 Å². The highest BCUT2D eigenvalue weighted by Crippen LogP contribution is 2.17. The number of aromatic nitrogens is 1. The third-order valence-electron chi connectivity index (χ3n) is 1.98. The molecule has 0 spiro atoms. The van der Waals surface area contributed by atoms with Crippen LogP contribution in [0.1, 0.15) is 23.0 Å². The van der Waals surface area contributed by atoms with E-state index in [9.17, 15) is 19.7 Å². The molecule has 0 atom stereocenters. The third kappa shape index (κ3) is 3.24. The van der Waals surface area contributed by atoms with Crippen molar-refractivity contribution < 1.29 is 24.4 Å². The molecular weight excluding hydrogens is 244 g/mol. The molecule has 0 saturated carbocycles. The summed E-state index contributed by atoms with van der Waals surface area (Å²) in [4.78, 5) is 35.6. The number of carboxylic acid groups (broad SMARTS) is 1. The fourth-order valence-corrected chi connectivity index (χ4v) is 1.25. The molecule has 18 heavy (non-hydrogen) atoms. The Hall–Kier alpha value is -2.51. The Labute approximate surface area is 101 Å². The van der Waals surface area contributed by atoms with Crippen LogP contribution in [-0.4, -0.2) is 33.6 Å². The number of nitrogens with zero attached hydrogens (tertiary/aromatic N) is 2. The number of esters is 1. The Morgan fingerprint density at radius 2 is 2.22 bits per heavy atom. The number of ether oxygens (including phenoxy) is 1. The maximum atomic E-state index is 11.5. The predicted octanol–water partition coefficient (Wildman–Crippen LogP) is 0.794. The van der Waals surface area contributed by atoms with Crippen molar-refractivity contribution in [2.45, 2.75) is 13.3 Å². The fraction of sp³-hybridized carbons (Fsp3) is 0.300. The summed E-state index contributed by atoms with van der Waals surface area (Å²) in [5.41, 5.74) is -0.660. The van der Waals surface area contributed by atoms with E-state index in [0.717, 1.165) is 12.3 Å². The lowest BCUT2D eigenvalue weighted by Gasteiger charge is -2.05. The maximum absolute atomic E-state index is 11.5. The first kappa shape index (κ1) is 13.6. The summed E-state index contributed by atoms with van der Waals surface area (Å²) < 4.78 is 4.69. The van der Waals surface area contributed by atoms with Crippen molar-refractivity contribution in [2.75, 3.05) is 6.61 Å². The number of pyridine rings is 1. The Kier molecular flexibility index (Phi) is 4.30. The van der Waals surface area contributed by atoms with Crippen LogP contribution in [0.5, 0.6) is 0 Å². The molecule has 0 unspecified atom stereocenters. The van der Waals surface area contributed by atoms with Crippen LogP contribution in [0.2, 0.25) is 0 Å². The lowest BCUT2D eigenvalue weighted by Crippen LogP contribution is -2.13. The molecule has 0 fully saturated rings. The highest BCUT2D eigenvalue weighted by atomic mass is 16.6. The van der Waals surface area contributed by atoms with Crippen molar-refractivity contribution in [1.29, 1.82) is 0 Å². The van der Waals surface area contributed by atoms with Crippen LogP contribution in [0, 0.1) is 10.1 Å². The van der Waals surface area contributed by atoms with E-state index in [1.165, 1.54) is 0 Å². The maximum Gasteiger partial charge on any atom is 0.340 e. The van der Waals surface area contributed by atoms with E-state index in [1.54, 1.807) is 6.92 Å². The summed E-state index contributed by atoms with van der Waals surface area (Å²) in [6.07, 6.45) is 0.396. The van der Waals surface area contributed by atoms with Crippen LogP contribution in [0.15, 0.2) is 12.3 Å². The lowest BCUT2D eigenvalue weighted by molar-refractivity contribution is -0.385. The lowest BCUT2D eigenvalue weighted by atomic mass is 10.1. The highest BCUT2D eigenvalue weighted by molar-refractivity contribution is 5.92. The number of hydrogen-bond donors (Lipinski definition) is 1. The molecule has 1 rings (SSSR count). The molecule has 1 aromatic heterocycles. The third-order valence-corrected chi connectivity index (χ3v) is 1.98. The first-order valence-corrected chi connectivity index (χ1v) is 4.98. The number of rotatable bonds is 5. The van der Waals surface area contributed by atoms with E-state index in [1.807, 2.05) is 0 Å². The molecule has 0 aliphatic carbocycles. The van der Waals surface area contributed by atoms with Gasteiger partial charge in [-0.25, -0.2) is 4.79 Å². The molecule has 1 aromatic rings. The standard InChI is InChI=1S/C10H10N2O6/c1-2-18-10(15)7-3-6(12(16)17)5-11-8(7)4-9(13)14/h3,5H,2,4H2,1H3,(H,13,14). The summed E-state index contributed by atoms with van der Waals surface area (Å²) >= 11 is 0. The quantitative estimate of drug-likeness (QED) is 0.468. The largest absolute Gasteiger partial charge is 0.481 e. The number of aliphatic carboxylic acids is 1. The molecule has 0 aromatic carbocycles. The fourth-order valence-electron chi connectivity index (χ4n) is 1.25. The zero-order chi connectivity index (χ0) is 13.7. The van der Waals surface area contributed by atoms with Gasteiger partial charge in [-0.05, 0) is 6.92 Å². The second-order valence-electron chi connectivity index (χ2n) is 3.24. The summed E-state index contributed by atoms with van der Waals surface area (Å²) in [7, 11) is 0. The molecular formula is C10H10N2O6. The monoisotopic (exact) mass is 254 g/mol. The summed E-state index contributed by atoms with van der Waals surface area (Å²) in [6, 6.07) is 0.962. The summed E-state index contributed by atoms with van der Waals surface area (Å²) in [6.45, 7) is 1.65. The average molecular weight is 254 g/mol. The van der Waals surface area contributed by atoms with Gasteiger partial charge in [0.2, 0.25) is 0 Å². The molecule has 0 amide bonds. The zero-order valence-corrected chi connectivity index (χ0v) is 9.45. The van der Waals surface area contributed by atoms with Gasteiger partial charge in [-0.15, -0.1) is 0 Å². The van der Waals surface area contributed by atoms with Gasteiger partial charge in [-0.1, -0.05) is 0 Å². The van der Waals surface area contributed by atoms with Crippen molar-refractivity contribution in [1.82, 2.24) is 4.98 Å². The van der Waals surface area contributed by atoms with Gasteiger partial charge in [0, 0.05) is 6.07 Å². The second kappa shape index (κ2) is 5.71. The van der Waals surface area contributed by atoms with Crippen molar-refractivity contribution in [3.05, 3.63) is 33.6 Å². The van der Waals surface area contributed by atoms with Gasteiger partial charge in [-0.2, -0.15) is 0 Å². The second-order valence-corrected chi connectivity index (χ2v) is 3.24. The van der Waals surface area contributed by atoms with Crippen molar-refractivity contribution >= 4 is 17.6 Å². The Bertz CT molecular complexity index is 499. The summed E-state index contributed by atoms with van der Waals surface area (Å²) in [5, 5.41) is 19.2. The van der Waals surface area contributed by atoms with Gasteiger partial charge in [0.25, 0.3) is 5.69 Å². The van der Waals surface area contributed by atoms with E-state index in [-0.39, 0.29) is 17.9 Å². The molecule has 8 nitrogen and oxygen atoms in total. The molecule has 1 N–H and O–H groups in total. The molecule has 0 aliphatic heterocycles. The Morgan fingerprint density at radius 3 is 2.72 bits per heavy atom. The van der Waals surface area contributed by atoms with Gasteiger partial charge in [0.05, 0.1) is 29.2 Å².